The lowest BCUT2D eigenvalue weighted by atomic mass is 10.1. The molecule has 0 radical (unpaired) electrons. The summed E-state index contributed by atoms with van der Waals surface area (Å²) in [6, 6.07) is 9.25. The van der Waals surface area contributed by atoms with Crippen molar-refractivity contribution in [2.75, 3.05) is 5.75 Å². The smallest absolute Gasteiger partial charge is 0.262 e. The molecular formula is C21H25N3O2S. The van der Waals surface area contributed by atoms with Crippen LogP contribution in [0.5, 0.6) is 0 Å². The lowest BCUT2D eigenvalue weighted by Crippen LogP contribution is -2.24. The van der Waals surface area contributed by atoms with E-state index in [0.717, 1.165) is 17.8 Å². The summed E-state index contributed by atoms with van der Waals surface area (Å²) >= 11 is 1.34. The third-order valence-corrected chi connectivity index (χ3v) is 5.52. The van der Waals surface area contributed by atoms with Crippen molar-refractivity contribution in [2.24, 2.45) is 5.92 Å². The molecule has 0 amide bonds. The van der Waals surface area contributed by atoms with E-state index in [9.17, 15) is 9.59 Å². The Hall–Kier alpha value is -2.34. The van der Waals surface area contributed by atoms with Crippen LogP contribution in [0.1, 0.15) is 42.0 Å². The molecule has 0 fully saturated rings. The number of H-pyrrole nitrogens is 1. The maximum atomic E-state index is 13.0. The molecule has 0 aliphatic rings. The zero-order chi connectivity index (χ0) is 19.6. The highest BCUT2D eigenvalue weighted by Crippen LogP contribution is 2.21. The molecule has 2 heterocycles. The molecule has 6 heteroatoms. The zero-order valence-electron chi connectivity index (χ0n) is 16.2. The van der Waals surface area contributed by atoms with Crippen LogP contribution < -0.4 is 5.56 Å². The first-order valence-corrected chi connectivity index (χ1v) is 10.2. The van der Waals surface area contributed by atoms with Gasteiger partial charge in [0.15, 0.2) is 10.9 Å². The minimum absolute atomic E-state index is 0.0372. The zero-order valence-corrected chi connectivity index (χ0v) is 17.0. The van der Waals surface area contributed by atoms with Gasteiger partial charge in [-0.1, -0.05) is 37.7 Å². The Kier molecular flexibility index (Phi) is 5.85. The number of thioether (sulfide) groups is 1. The van der Waals surface area contributed by atoms with Crippen molar-refractivity contribution in [1.82, 2.24) is 14.5 Å². The number of aromatic amines is 1. The fourth-order valence-corrected chi connectivity index (χ4v) is 3.97. The van der Waals surface area contributed by atoms with Crippen LogP contribution in [0.25, 0.3) is 10.9 Å². The molecule has 0 aliphatic carbocycles. The van der Waals surface area contributed by atoms with Crippen molar-refractivity contribution in [1.29, 1.82) is 0 Å². The van der Waals surface area contributed by atoms with E-state index in [1.54, 1.807) is 4.57 Å². The fraction of sp³-hybridized carbons (Fsp3) is 0.381. The number of carbonyl (C=O) groups is 1. The minimum atomic E-state index is -0.0372. The molecule has 27 heavy (non-hydrogen) atoms. The van der Waals surface area contributed by atoms with Crippen LogP contribution in [0, 0.1) is 19.8 Å². The number of para-hydroxylation sites is 1. The summed E-state index contributed by atoms with van der Waals surface area (Å²) in [5.41, 5.74) is 3.19. The standard InChI is InChI=1S/C21H25N3O2S/c1-13(2)9-10-24-20(26)16-7-5-6-8-18(16)23-21(24)27-12-19(25)17-11-14(3)22-15(17)4/h5-8,11,13,22H,9-10,12H2,1-4H3. The first kappa shape index (κ1) is 19.4. The number of aryl methyl sites for hydroxylation is 2. The Balaban J connectivity index is 1.92. The van der Waals surface area contributed by atoms with E-state index in [0.29, 0.717) is 34.1 Å². The lowest BCUT2D eigenvalue weighted by molar-refractivity contribution is 0.102. The van der Waals surface area contributed by atoms with Crippen molar-refractivity contribution < 1.29 is 4.79 Å². The van der Waals surface area contributed by atoms with Crippen LogP contribution in [0.15, 0.2) is 40.3 Å². The largest absolute Gasteiger partial charge is 0.362 e. The number of Topliss-reactive ketones (excluding diaryl/α,β-unsaturated/α-hetero) is 1. The van der Waals surface area contributed by atoms with Crippen molar-refractivity contribution in [2.45, 2.75) is 45.8 Å². The normalized spacial score (nSPS) is 11.4. The third-order valence-electron chi connectivity index (χ3n) is 4.54. The second kappa shape index (κ2) is 8.13. The van der Waals surface area contributed by atoms with Crippen molar-refractivity contribution in [3.8, 4) is 0 Å². The van der Waals surface area contributed by atoms with Gasteiger partial charge in [0.05, 0.1) is 16.7 Å². The second-order valence-corrected chi connectivity index (χ2v) is 8.20. The van der Waals surface area contributed by atoms with Gasteiger partial charge in [-0.2, -0.15) is 0 Å². The molecule has 0 atom stereocenters. The van der Waals surface area contributed by atoms with Gasteiger partial charge in [0, 0.05) is 23.5 Å². The summed E-state index contributed by atoms with van der Waals surface area (Å²) in [7, 11) is 0. The molecule has 3 aromatic rings. The van der Waals surface area contributed by atoms with Crippen LogP contribution in [0.2, 0.25) is 0 Å². The van der Waals surface area contributed by atoms with Gasteiger partial charge in [0.1, 0.15) is 0 Å². The van der Waals surface area contributed by atoms with Gasteiger partial charge in [0.2, 0.25) is 0 Å². The van der Waals surface area contributed by atoms with Crippen molar-refractivity contribution >= 4 is 28.4 Å². The molecule has 1 N–H and O–H groups in total. The Morgan fingerprint density at radius 1 is 1.26 bits per heavy atom. The molecule has 0 unspecified atom stereocenters. The highest BCUT2D eigenvalue weighted by molar-refractivity contribution is 7.99. The van der Waals surface area contributed by atoms with Crippen molar-refractivity contribution in [3.05, 3.63) is 57.6 Å². The van der Waals surface area contributed by atoms with Crippen LogP contribution in [0.4, 0.5) is 0 Å². The maximum absolute atomic E-state index is 13.0. The number of nitrogens with one attached hydrogen (secondary N) is 1. The number of rotatable bonds is 7. The van der Waals surface area contributed by atoms with E-state index in [2.05, 4.69) is 23.8 Å². The molecule has 3 rings (SSSR count). The summed E-state index contributed by atoms with van der Waals surface area (Å²) in [6.45, 7) is 8.70. The first-order chi connectivity index (χ1) is 12.9. The summed E-state index contributed by atoms with van der Waals surface area (Å²) in [5, 5.41) is 1.23. The maximum Gasteiger partial charge on any atom is 0.262 e. The highest BCUT2D eigenvalue weighted by Gasteiger charge is 2.16. The molecule has 1 aromatic carbocycles. The van der Waals surface area contributed by atoms with Gasteiger partial charge < -0.3 is 4.98 Å². The third kappa shape index (κ3) is 4.33. The van der Waals surface area contributed by atoms with Gasteiger partial charge in [-0.15, -0.1) is 0 Å². The molecule has 0 bridgehead atoms. The van der Waals surface area contributed by atoms with E-state index in [1.165, 1.54) is 11.8 Å². The Morgan fingerprint density at radius 2 is 2.00 bits per heavy atom. The minimum Gasteiger partial charge on any atom is -0.362 e. The van der Waals surface area contributed by atoms with E-state index in [-0.39, 0.29) is 17.1 Å². The molecule has 2 aromatic heterocycles. The van der Waals surface area contributed by atoms with E-state index in [1.807, 2.05) is 44.2 Å². The van der Waals surface area contributed by atoms with Gasteiger partial charge in [0.25, 0.3) is 5.56 Å². The predicted molar refractivity (Wildman–Crippen MR) is 111 cm³/mol. The van der Waals surface area contributed by atoms with Crippen LogP contribution in [-0.2, 0) is 6.54 Å². The molecule has 5 nitrogen and oxygen atoms in total. The molecule has 0 saturated heterocycles. The Morgan fingerprint density at radius 3 is 2.67 bits per heavy atom. The number of carbonyl (C=O) groups excluding carboxylic acids is 1. The molecule has 0 aliphatic heterocycles. The highest BCUT2D eigenvalue weighted by atomic mass is 32.2. The van der Waals surface area contributed by atoms with Crippen molar-refractivity contribution in [3.63, 3.8) is 0 Å². The summed E-state index contributed by atoms with van der Waals surface area (Å²) < 4.78 is 1.72. The molecule has 0 spiro atoms. The second-order valence-electron chi connectivity index (χ2n) is 7.25. The van der Waals surface area contributed by atoms with E-state index in [4.69, 9.17) is 0 Å². The number of hydrogen-bond acceptors (Lipinski definition) is 4. The number of ketones is 1. The summed E-state index contributed by atoms with van der Waals surface area (Å²) in [6.07, 6.45) is 0.886. The lowest BCUT2D eigenvalue weighted by Gasteiger charge is -2.14. The SMILES string of the molecule is Cc1cc(C(=O)CSc2nc3ccccc3c(=O)n2CCC(C)C)c(C)[nH]1. The molecule has 142 valence electrons. The number of aromatic nitrogens is 3. The van der Waals surface area contributed by atoms with E-state index >= 15 is 0 Å². The molecule has 0 saturated carbocycles. The quantitative estimate of drug-likeness (QED) is 0.374. The van der Waals surface area contributed by atoms with Crippen LogP contribution in [-0.4, -0.2) is 26.1 Å². The number of fused-ring (bicyclic) bond motifs is 1. The van der Waals surface area contributed by atoms with Gasteiger partial charge in [-0.3, -0.25) is 14.2 Å². The van der Waals surface area contributed by atoms with Gasteiger partial charge in [-0.25, -0.2) is 4.98 Å². The average molecular weight is 384 g/mol. The monoisotopic (exact) mass is 383 g/mol. The molecular weight excluding hydrogens is 358 g/mol. The topological polar surface area (TPSA) is 67.8 Å². The first-order valence-electron chi connectivity index (χ1n) is 9.18. The average Bonchev–Trinajstić information content (AvgIpc) is 2.97. The number of nitrogens with zero attached hydrogens (tertiary/aromatic N) is 2. The van der Waals surface area contributed by atoms with Gasteiger partial charge in [-0.05, 0) is 44.4 Å². The van der Waals surface area contributed by atoms with Gasteiger partial charge >= 0.3 is 0 Å². The summed E-state index contributed by atoms with van der Waals surface area (Å²) in [5.74, 6) is 0.776. The Labute approximate surface area is 163 Å². The van der Waals surface area contributed by atoms with E-state index < -0.39 is 0 Å². The number of benzene rings is 1. The number of hydrogen-bond donors (Lipinski definition) is 1. The predicted octanol–water partition coefficient (Wildman–Crippen LogP) is 4.36. The summed E-state index contributed by atoms with van der Waals surface area (Å²) in [4.78, 5) is 33.4. The van der Waals surface area contributed by atoms with Crippen LogP contribution >= 0.6 is 11.8 Å². The Bertz CT molecular complexity index is 1030. The van der Waals surface area contributed by atoms with Crippen LogP contribution in [0.3, 0.4) is 0 Å². The fourth-order valence-electron chi connectivity index (χ4n) is 3.06.